The molecule has 0 saturated carbocycles. The van der Waals surface area contributed by atoms with Crippen molar-refractivity contribution >= 4 is 28.3 Å². The van der Waals surface area contributed by atoms with Gasteiger partial charge >= 0.3 is 0 Å². The highest BCUT2D eigenvalue weighted by Crippen LogP contribution is 2.28. The van der Waals surface area contributed by atoms with E-state index < -0.39 is 0 Å². The van der Waals surface area contributed by atoms with Gasteiger partial charge in [0.1, 0.15) is 10.8 Å². The van der Waals surface area contributed by atoms with E-state index in [1.54, 1.807) is 4.90 Å². The first-order valence-corrected chi connectivity index (χ1v) is 10.0. The summed E-state index contributed by atoms with van der Waals surface area (Å²) in [5, 5.41) is 12.5. The highest BCUT2D eigenvalue weighted by Gasteiger charge is 2.36. The van der Waals surface area contributed by atoms with E-state index in [9.17, 15) is 9.59 Å². The van der Waals surface area contributed by atoms with E-state index in [2.05, 4.69) is 22.4 Å². The molecule has 7 nitrogen and oxygen atoms in total. The Balaban J connectivity index is 1.55. The van der Waals surface area contributed by atoms with Gasteiger partial charge in [0, 0.05) is 19.5 Å². The van der Waals surface area contributed by atoms with Crippen molar-refractivity contribution in [1.82, 2.24) is 15.5 Å². The van der Waals surface area contributed by atoms with Gasteiger partial charge in [0.25, 0.3) is 0 Å². The van der Waals surface area contributed by atoms with E-state index in [4.69, 9.17) is 4.74 Å². The van der Waals surface area contributed by atoms with Gasteiger partial charge < -0.3 is 10.1 Å². The molecule has 1 fully saturated rings. The van der Waals surface area contributed by atoms with E-state index in [0.717, 1.165) is 29.2 Å². The Morgan fingerprint density at radius 3 is 2.96 bits per heavy atom. The molecule has 2 heterocycles. The van der Waals surface area contributed by atoms with Crippen LogP contribution in [-0.2, 0) is 22.6 Å². The maximum absolute atomic E-state index is 12.5. The van der Waals surface area contributed by atoms with Crippen molar-refractivity contribution < 1.29 is 14.3 Å². The van der Waals surface area contributed by atoms with Crippen molar-refractivity contribution in [1.29, 1.82) is 0 Å². The number of aryl methyl sites for hydroxylation is 1. The third-order valence-corrected chi connectivity index (χ3v) is 5.41. The summed E-state index contributed by atoms with van der Waals surface area (Å²) in [6.07, 6.45) is 1.93. The van der Waals surface area contributed by atoms with Crippen molar-refractivity contribution in [3.8, 4) is 5.75 Å². The lowest BCUT2D eigenvalue weighted by atomic mass is 10.1. The summed E-state index contributed by atoms with van der Waals surface area (Å²) in [5.41, 5.74) is 0.967. The summed E-state index contributed by atoms with van der Waals surface area (Å²) in [6, 6.07) is 7.68. The minimum absolute atomic E-state index is 0.0797. The summed E-state index contributed by atoms with van der Waals surface area (Å²) >= 11 is 1.40. The molecule has 144 valence electrons. The molecular formula is C19H24N4O3S. The van der Waals surface area contributed by atoms with Crippen LogP contribution in [0.25, 0.3) is 0 Å². The van der Waals surface area contributed by atoms with Gasteiger partial charge in [-0.3, -0.25) is 14.5 Å². The zero-order valence-electron chi connectivity index (χ0n) is 15.6. The van der Waals surface area contributed by atoms with Crippen LogP contribution in [-0.4, -0.2) is 35.2 Å². The van der Waals surface area contributed by atoms with Gasteiger partial charge in [0.2, 0.25) is 16.9 Å². The normalized spacial score (nSPS) is 16.6. The fourth-order valence-electron chi connectivity index (χ4n) is 2.86. The summed E-state index contributed by atoms with van der Waals surface area (Å²) < 4.78 is 5.61. The molecule has 2 aromatic rings. The maximum Gasteiger partial charge on any atom is 0.229 e. The average Bonchev–Trinajstić information content (AvgIpc) is 3.31. The van der Waals surface area contributed by atoms with E-state index in [0.29, 0.717) is 24.8 Å². The number of anilines is 1. The van der Waals surface area contributed by atoms with Crippen LogP contribution in [0.2, 0.25) is 0 Å². The van der Waals surface area contributed by atoms with Gasteiger partial charge in [-0.2, -0.15) is 0 Å². The number of carbonyl (C=O) groups excluding carboxylic acids is 2. The minimum Gasteiger partial charge on any atom is -0.494 e. The molecular weight excluding hydrogens is 364 g/mol. The number of nitrogens with zero attached hydrogens (tertiary/aromatic N) is 3. The minimum atomic E-state index is -0.369. The van der Waals surface area contributed by atoms with Crippen LogP contribution in [0, 0.1) is 5.92 Å². The van der Waals surface area contributed by atoms with Gasteiger partial charge in [0.05, 0.1) is 12.5 Å². The molecule has 2 amide bonds. The molecule has 0 spiro atoms. The highest BCUT2D eigenvalue weighted by atomic mass is 32.1. The predicted octanol–water partition coefficient (Wildman–Crippen LogP) is 2.56. The molecule has 1 N–H and O–H groups in total. The summed E-state index contributed by atoms with van der Waals surface area (Å²) in [5.74, 6) is 0.231. The van der Waals surface area contributed by atoms with Gasteiger partial charge in [-0.25, -0.2) is 0 Å². The zero-order valence-corrected chi connectivity index (χ0v) is 16.4. The molecule has 8 heteroatoms. The standard InChI is InChI=1S/C19H24N4O3S/c1-3-8-26-15-7-5-6-13(9-15)11-20-18(25)14-10-17(24)23(12-14)19-22-21-16(4-2)27-19/h5-7,9,14H,3-4,8,10-12H2,1-2H3,(H,20,25). The van der Waals surface area contributed by atoms with Gasteiger partial charge in [-0.1, -0.05) is 37.3 Å². The summed E-state index contributed by atoms with van der Waals surface area (Å²) in [4.78, 5) is 26.4. The lowest BCUT2D eigenvalue weighted by Gasteiger charge is -2.13. The molecule has 1 atom stereocenters. The lowest BCUT2D eigenvalue weighted by Crippen LogP contribution is -2.32. The van der Waals surface area contributed by atoms with E-state index >= 15 is 0 Å². The number of amides is 2. The average molecular weight is 388 g/mol. The van der Waals surface area contributed by atoms with Gasteiger partial charge in [-0.15, -0.1) is 10.2 Å². The third kappa shape index (κ3) is 4.82. The SMILES string of the molecule is CCCOc1cccc(CNC(=O)C2CC(=O)N(c3nnc(CC)s3)C2)c1. The fraction of sp³-hybridized carbons (Fsp3) is 0.474. The van der Waals surface area contributed by atoms with Crippen LogP contribution < -0.4 is 15.0 Å². The number of hydrogen-bond acceptors (Lipinski definition) is 6. The molecule has 0 bridgehead atoms. The fourth-order valence-corrected chi connectivity index (χ4v) is 3.67. The van der Waals surface area contributed by atoms with Gasteiger partial charge in [-0.05, 0) is 30.5 Å². The summed E-state index contributed by atoms with van der Waals surface area (Å²) in [6.45, 7) is 5.48. The molecule has 1 aromatic heterocycles. The molecule has 1 unspecified atom stereocenters. The molecule has 1 saturated heterocycles. The Labute approximate surface area is 162 Å². The number of nitrogens with one attached hydrogen (secondary N) is 1. The topological polar surface area (TPSA) is 84.4 Å². The quantitative estimate of drug-likeness (QED) is 0.751. The van der Waals surface area contributed by atoms with Crippen molar-refractivity contribution in [3.05, 3.63) is 34.8 Å². The number of carbonyl (C=O) groups is 2. The second-order valence-corrected chi connectivity index (χ2v) is 7.49. The van der Waals surface area contributed by atoms with Crippen molar-refractivity contribution in [2.45, 2.75) is 39.7 Å². The lowest BCUT2D eigenvalue weighted by molar-refractivity contribution is -0.126. The zero-order chi connectivity index (χ0) is 19.2. The second-order valence-electron chi connectivity index (χ2n) is 6.45. The molecule has 3 rings (SSSR count). The smallest absolute Gasteiger partial charge is 0.229 e. The van der Waals surface area contributed by atoms with Crippen LogP contribution in [0.15, 0.2) is 24.3 Å². The molecule has 1 aliphatic rings. The first-order valence-electron chi connectivity index (χ1n) is 9.22. The molecule has 0 radical (unpaired) electrons. The van der Waals surface area contributed by atoms with E-state index in [1.807, 2.05) is 31.2 Å². The molecule has 27 heavy (non-hydrogen) atoms. The highest BCUT2D eigenvalue weighted by molar-refractivity contribution is 7.15. The van der Waals surface area contributed by atoms with Crippen LogP contribution in [0.4, 0.5) is 5.13 Å². The monoisotopic (exact) mass is 388 g/mol. The first kappa shape index (κ1) is 19.3. The largest absolute Gasteiger partial charge is 0.494 e. The summed E-state index contributed by atoms with van der Waals surface area (Å²) in [7, 11) is 0. The molecule has 1 aliphatic heterocycles. The Hall–Kier alpha value is -2.48. The second kappa shape index (κ2) is 8.94. The predicted molar refractivity (Wildman–Crippen MR) is 104 cm³/mol. The Morgan fingerprint density at radius 1 is 1.37 bits per heavy atom. The first-order chi connectivity index (χ1) is 13.1. The number of aromatic nitrogens is 2. The van der Waals surface area contributed by atoms with Crippen molar-refractivity contribution in [2.24, 2.45) is 5.92 Å². The number of benzene rings is 1. The Morgan fingerprint density at radius 2 is 2.22 bits per heavy atom. The van der Waals surface area contributed by atoms with E-state index in [1.165, 1.54) is 11.3 Å². The molecule has 0 aliphatic carbocycles. The van der Waals surface area contributed by atoms with Crippen LogP contribution in [0.5, 0.6) is 5.75 Å². The van der Waals surface area contributed by atoms with Crippen LogP contribution in [0.3, 0.4) is 0 Å². The third-order valence-electron chi connectivity index (χ3n) is 4.32. The van der Waals surface area contributed by atoms with Crippen molar-refractivity contribution in [2.75, 3.05) is 18.1 Å². The van der Waals surface area contributed by atoms with Gasteiger partial charge in [0.15, 0.2) is 0 Å². The van der Waals surface area contributed by atoms with E-state index in [-0.39, 0.29) is 24.2 Å². The Bertz CT molecular complexity index is 808. The van der Waals surface area contributed by atoms with Crippen molar-refractivity contribution in [3.63, 3.8) is 0 Å². The molecule has 1 aromatic carbocycles. The number of hydrogen-bond donors (Lipinski definition) is 1. The Kier molecular flexibility index (Phi) is 6.39. The van der Waals surface area contributed by atoms with Crippen LogP contribution in [0.1, 0.15) is 37.3 Å². The number of ether oxygens (including phenoxy) is 1. The van der Waals surface area contributed by atoms with Crippen LogP contribution >= 0.6 is 11.3 Å². The number of rotatable bonds is 8. The maximum atomic E-state index is 12.5.